The topological polar surface area (TPSA) is 101 Å². The van der Waals surface area contributed by atoms with Gasteiger partial charge in [0.15, 0.2) is 5.76 Å². The monoisotopic (exact) mass is 429 g/mol. The second kappa shape index (κ2) is 8.61. The van der Waals surface area contributed by atoms with Gasteiger partial charge in [0.1, 0.15) is 10.6 Å². The van der Waals surface area contributed by atoms with Crippen molar-refractivity contribution in [3.63, 3.8) is 0 Å². The minimum absolute atomic E-state index is 0.0528. The first-order valence-corrected chi connectivity index (χ1v) is 11.0. The van der Waals surface area contributed by atoms with Crippen LogP contribution in [0.1, 0.15) is 28.8 Å². The van der Waals surface area contributed by atoms with Gasteiger partial charge >= 0.3 is 0 Å². The molecular weight excluding hydrogens is 410 g/mol. The van der Waals surface area contributed by atoms with E-state index in [1.165, 1.54) is 20.8 Å². The zero-order valence-electron chi connectivity index (χ0n) is 16.0. The minimum Gasteiger partial charge on any atom is -0.360 e. The van der Waals surface area contributed by atoms with Crippen LogP contribution < -0.4 is 10.0 Å². The maximum atomic E-state index is 12.5. The Balaban J connectivity index is 1.69. The fourth-order valence-corrected chi connectivity index (χ4v) is 4.72. The van der Waals surface area contributed by atoms with Crippen LogP contribution in [-0.2, 0) is 14.8 Å². The molecule has 2 N–H and O–H groups in total. The fourth-order valence-electron chi connectivity index (χ4n) is 2.61. The van der Waals surface area contributed by atoms with Gasteiger partial charge in [-0.2, -0.15) is 4.72 Å². The molecule has 1 atom stereocenters. The molecule has 7 nitrogen and oxygen atoms in total. The number of thiophene rings is 1. The lowest BCUT2D eigenvalue weighted by Crippen LogP contribution is -2.41. The number of aromatic nitrogens is 1. The van der Waals surface area contributed by atoms with E-state index in [1.807, 2.05) is 23.6 Å². The minimum atomic E-state index is -3.94. The van der Waals surface area contributed by atoms with E-state index >= 15 is 0 Å². The highest BCUT2D eigenvalue weighted by Crippen LogP contribution is 2.19. The molecule has 3 rings (SSSR count). The molecule has 3 aromatic rings. The van der Waals surface area contributed by atoms with Gasteiger partial charge in [0.2, 0.25) is 15.9 Å². The molecule has 0 bridgehead atoms. The number of hydrogen-bond donors (Lipinski definition) is 2. The number of carbonyl (C=O) groups excluding carboxylic acids is 1. The summed E-state index contributed by atoms with van der Waals surface area (Å²) in [4.78, 5) is 13.4. The van der Waals surface area contributed by atoms with E-state index in [9.17, 15) is 13.2 Å². The predicted octanol–water partition coefficient (Wildman–Crippen LogP) is 3.06. The zero-order valence-corrected chi connectivity index (χ0v) is 17.6. The van der Waals surface area contributed by atoms with E-state index in [0.717, 1.165) is 10.4 Å². The third-order valence-electron chi connectivity index (χ3n) is 3.94. The van der Waals surface area contributed by atoms with Crippen molar-refractivity contribution in [2.75, 3.05) is 5.32 Å². The molecule has 29 heavy (non-hydrogen) atoms. The number of aryl methyl sites for hydroxylation is 2. The normalized spacial score (nSPS) is 12.1. The van der Waals surface area contributed by atoms with Gasteiger partial charge in [-0.1, -0.05) is 29.1 Å². The van der Waals surface area contributed by atoms with Crippen LogP contribution in [-0.4, -0.2) is 25.5 Å². The third kappa shape index (κ3) is 5.12. The van der Waals surface area contributed by atoms with Gasteiger partial charge in [-0.05, 0) is 50.4 Å². The van der Waals surface area contributed by atoms with Crippen molar-refractivity contribution >= 4 is 33.0 Å². The SMILES string of the molecule is Cc1noc(C)c1S(=O)(=O)N[C@@H](C)C(=O)Nc1cccc(C#Cc2cccs2)c1. The van der Waals surface area contributed by atoms with Crippen LogP contribution >= 0.6 is 11.3 Å². The maximum Gasteiger partial charge on any atom is 0.246 e. The Morgan fingerprint density at radius 3 is 2.66 bits per heavy atom. The van der Waals surface area contributed by atoms with Gasteiger partial charge in [-0.3, -0.25) is 4.79 Å². The van der Waals surface area contributed by atoms with Crippen LogP contribution in [0.3, 0.4) is 0 Å². The molecule has 0 aliphatic heterocycles. The Morgan fingerprint density at radius 2 is 2.00 bits per heavy atom. The lowest BCUT2D eigenvalue weighted by Gasteiger charge is -2.14. The molecule has 0 saturated heterocycles. The Bertz CT molecular complexity index is 1170. The van der Waals surface area contributed by atoms with Crippen molar-refractivity contribution in [1.82, 2.24) is 9.88 Å². The standard InChI is InChI=1S/C20H19N3O4S2/c1-13-19(15(3)27-22-13)29(25,26)23-14(2)20(24)21-17-7-4-6-16(12-17)9-10-18-8-5-11-28-18/h4-8,11-12,14,23H,1-3H3,(H,21,24)/t14-/m0/s1. The second-order valence-electron chi connectivity index (χ2n) is 6.29. The summed E-state index contributed by atoms with van der Waals surface area (Å²) in [7, 11) is -3.94. The summed E-state index contributed by atoms with van der Waals surface area (Å²) in [6.45, 7) is 4.49. The number of rotatable bonds is 5. The maximum absolute atomic E-state index is 12.5. The fraction of sp³-hybridized carbons (Fsp3) is 0.200. The summed E-state index contributed by atoms with van der Waals surface area (Å²) in [5, 5.41) is 8.29. The number of amides is 1. The Hall–Kier alpha value is -2.93. The highest BCUT2D eigenvalue weighted by atomic mass is 32.2. The molecule has 9 heteroatoms. The molecule has 0 fully saturated rings. The number of benzene rings is 1. The van der Waals surface area contributed by atoms with Crippen LogP contribution in [0.4, 0.5) is 5.69 Å². The van der Waals surface area contributed by atoms with Gasteiger partial charge in [0.25, 0.3) is 0 Å². The van der Waals surface area contributed by atoms with Crippen molar-refractivity contribution < 1.29 is 17.7 Å². The largest absolute Gasteiger partial charge is 0.360 e. The van der Waals surface area contributed by atoms with Crippen LogP contribution in [0.15, 0.2) is 51.2 Å². The van der Waals surface area contributed by atoms with Crippen molar-refractivity contribution in [2.24, 2.45) is 0 Å². The lowest BCUT2D eigenvalue weighted by atomic mass is 10.2. The average molecular weight is 430 g/mol. The summed E-state index contributed by atoms with van der Waals surface area (Å²) < 4.78 is 32.3. The molecule has 0 aliphatic carbocycles. The summed E-state index contributed by atoms with van der Waals surface area (Å²) in [6.07, 6.45) is 0. The third-order valence-corrected chi connectivity index (χ3v) is 6.51. The first-order chi connectivity index (χ1) is 13.8. The highest BCUT2D eigenvalue weighted by molar-refractivity contribution is 7.89. The predicted molar refractivity (Wildman–Crippen MR) is 111 cm³/mol. The molecule has 0 saturated carbocycles. The van der Waals surface area contributed by atoms with Gasteiger partial charge in [0.05, 0.1) is 10.9 Å². The van der Waals surface area contributed by atoms with Gasteiger partial charge < -0.3 is 9.84 Å². The molecule has 0 radical (unpaired) electrons. The molecule has 0 spiro atoms. The van der Waals surface area contributed by atoms with Crippen LogP contribution in [0.2, 0.25) is 0 Å². The molecule has 1 aromatic carbocycles. The Morgan fingerprint density at radius 1 is 1.21 bits per heavy atom. The highest BCUT2D eigenvalue weighted by Gasteiger charge is 2.28. The van der Waals surface area contributed by atoms with Crippen molar-refractivity contribution in [1.29, 1.82) is 0 Å². The van der Waals surface area contributed by atoms with E-state index in [1.54, 1.807) is 29.5 Å². The Labute approximate surface area is 173 Å². The number of carbonyl (C=O) groups is 1. The van der Waals surface area contributed by atoms with E-state index in [4.69, 9.17) is 4.52 Å². The van der Waals surface area contributed by atoms with E-state index in [0.29, 0.717) is 5.69 Å². The molecule has 150 valence electrons. The Kier molecular flexibility index (Phi) is 6.17. The molecule has 0 aliphatic rings. The van der Waals surface area contributed by atoms with E-state index < -0.39 is 22.0 Å². The molecule has 1 amide bonds. The van der Waals surface area contributed by atoms with Crippen molar-refractivity contribution in [3.05, 3.63) is 63.7 Å². The molecule has 2 aromatic heterocycles. The van der Waals surface area contributed by atoms with Gasteiger partial charge in [-0.25, -0.2) is 8.42 Å². The second-order valence-corrected chi connectivity index (χ2v) is 8.89. The van der Waals surface area contributed by atoms with Crippen LogP contribution in [0.5, 0.6) is 0 Å². The lowest BCUT2D eigenvalue weighted by molar-refractivity contribution is -0.117. The summed E-state index contributed by atoms with van der Waals surface area (Å²) in [5.74, 6) is 5.76. The van der Waals surface area contributed by atoms with Crippen LogP contribution in [0, 0.1) is 25.7 Å². The first kappa shape index (κ1) is 20.8. The summed E-state index contributed by atoms with van der Waals surface area (Å²) in [6, 6.07) is 9.89. The van der Waals surface area contributed by atoms with Gasteiger partial charge in [-0.15, -0.1) is 11.3 Å². The number of sulfonamides is 1. The molecule has 2 heterocycles. The van der Waals surface area contributed by atoms with Gasteiger partial charge in [0, 0.05) is 11.3 Å². The average Bonchev–Trinajstić information content (AvgIpc) is 3.29. The number of hydrogen-bond acceptors (Lipinski definition) is 6. The first-order valence-electron chi connectivity index (χ1n) is 8.68. The number of nitrogens with one attached hydrogen (secondary N) is 2. The molecule has 0 unspecified atom stereocenters. The quantitative estimate of drug-likeness (QED) is 0.607. The summed E-state index contributed by atoms with van der Waals surface area (Å²) in [5.41, 5.74) is 1.50. The molecular formula is C20H19N3O4S2. The van der Waals surface area contributed by atoms with Crippen molar-refractivity contribution in [3.8, 4) is 11.8 Å². The van der Waals surface area contributed by atoms with Crippen molar-refractivity contribution in [2.45, 2.75) is 31.7 Å². The zero-order chi connectivity index (χ0) is 21.0. The number of nitrogens with zero attached hydrogens (tertiary/aromatic N) is 1. The number of anilines is 1. The summed E-state index contributed by atoms with van der Waals surface area (Å²) >= 11 is 1.55. The smallest absolute Gasteiger partial charge is 0.246 e. The van der Waals surface area contributed by atoms with E-state index in [-0.39, 0.29) is 16.3 Å². The van der Waals surface area contributed by atoms with Crippen LogP contribution in [0.25, 0.3) is 0 Å². The van der Waals surface area contributed by atoms with E-state index in [2.05, 4.69) is 27.0 Å².